The van der Waals surface area contributed by atoms with E-state index in [9.17, 15) is 14.9 Å². The Hall–Kier alpha value is -3.27. The van der Waals surface area contributed by atoms with Crippen molar-refractivity contribution >= 4 is 23.2 Å². The van der Waals surface area contributed by atoms with Crippen LogP contribution in [-0.2, 0) is 4.74 Å². The van der Waals surface area contributed by atoms with Gasteiger partial charge < -0.3 is 20.3 Å². The molecule has 3 rings (SSSR count). The SMILES string of the molecule is O=C(NCCNc1cc(N2CCOCC2)ncn1)c1cccc([N+](=O)[O-])c1. The molecule has 0 spiro atoms. The lowest BCUT2D eigenvalue weighted by Crippen LogP contribution is -2.36. The minimum absolute atomic E-state index is 0.114. The van der Waals surface area contributed by atoms with Gasteiger partial charge in [-0.15, -0.1) is 0 Å². The number of anilines is 2. The molecule has 0 saturated carbocycles. The molecule has 0 unspecified atom stereocenters. The molecule has 1 aliphatic rings. The molecule has 1 aromatic carbocycles. The Morgan fingerprint density at radius 2 is 2.04 bits per heavy atom. The van der Waals surface area contributed by atoms with E-state index >= 15 is 0 Å². The zero-order valence-corrected chi connectivity index (χ0v) is 14.6. The van der Waals surface area contributed by atoms with E-state index in [1.165, 1.54) is 30.6 Å². The van der Waals surface area contributed by atoms with E-state index in [2.05, 4.69) is 25.5 Å². The second kappa shape index (κ2) is 8.90. The van der Waals surface area contributed by atoms with Crippen LogP contribution in [0.15, 0.2) is 36.7 Å². The fourth-order valence-corrected chi connectivity index (χ4v) is 2.64. The molecule has 27 heavy (non-hydrogen) atoms. The third-order valence-corrected chi connectivity index (χ3v) is 4.02. The summed E-state index contributed by atoms with van der Waals surface area (Å²) in [5, 5.41) is 16.6. The number of morpholine rings is 1. The van der Waals surface area contributed by atoms with Gasteiger partial charge in [0.15, 0.2) is 0 Å². The van der Waals surface area contributed by atoms with E-state index in [4.69, 9.17) is 4.74 Å². The molecule has 1 fully saturated rings. The molecular formula is C17H20N6O4. The van der Waals surface area contributed by atoms with Gasteiger partial charge in [0.05, 0.1) is 18.1 Å². The standard InChI is InChI=1S/C17H20N6O4/c24-17(13-2-1-3-14(10-13)23(25)26)19-5-4-18-15-11-16(21-12-20-15)22-6-8-27-9-7-22/h1-3,10-12H,4-9H2,(H,19,24)(H,18,20,21). The topological polar surface area (TPSA) is 123 Å². The number of amides is 1. The highest BCUT2D eigenvalue weighted by atomic mass is 16.6. The van der Waals surface area contributed by atoms with Gasteiger partial charge in [-0.2, -0.15) is 0 Å². The number of carbonyl (C=O) groups excluding carboxylic acids is 1. The van der Waals surface area contributed by atoms with Crippen molar-refractivity contribution in [1.29, 1.82) is 0 Å². The van der Waals surface area contributed by atoms with Crippen LogP contribution in [0.5, 0.6) is 0 Å². The average Bonchev–Trinajstić information content (AvgIpc) is 2.72. The second-order valence-electron chi connectivity index (χ2n) is 5.85. The molecular weight excluding hydrogens is 352 g/mol. The number of non-ortho nitro benzene ring substituents is 1. The minimum atomic E-state index is -0.528. The largest absolute Gasteiger partial charge is 0.378 e. The van der Waals surface area contributed by atoms with Gasteiger partial charge in [0.2, 0.25) is 0 Å². The lowest BCUT2D eigenvalue weighted by molar-refractivity contribution is -0.384. The van der Waals surface area contributed by atoms with Crippen LogP contribution in [0.25, 0.3) is 0 Å². The maximum atomic E-state index is 12.1. The maximum absolute atomic E-state index is 12.1. The zero-order valence-electron chi connectivity index (χ0n) is 14.6. The first kappa shape index (κ1) is 18.5. The zero-order chi connectivity index (χ0) is 19.1. The first-order valence-corrected chi connectivity index (χ1v) is 8.55. The van der Waals surface area contributed by atoms with Crippen LogP contribution in [0.2, 0.25) is 0 Å². The Balaban J connectivity index is 1.48. The molecule has 0 aliphatic carbocycles. The maximum Gasteiger partial charge on any atom is 0.270 e. The highest BCUT2D eigenvalue weighted by molar-refractivity contribution is 5.94. The lowest BCUT2D eigenvalue weighted by Gasteiger charge is -2.27. The van der Waals surface area contributed by atoms with Crippen LogP contribution in [-0.4, -0.2) is 60.2 Å². The van der Waals surface area contributed by atoms with E-state index in [1.807, 2.05) is 6.07 Å². The normalized spacial score (nSPS) is 13.9. The monoisotopic (exact) mass is 372 g/mol. The van der Waals surface area contributed by atoms with E-state index in [-0.39, 0.29) is 17.2 Å². The average molecular weight is 372 g/mol. The fourth-order valence-electron chi connectivity index (χ4n) is 2.64. The van der Waals surface area contributed by atoms with Crippen molar-refractivity contribution in [2.75, 3.05) is 49.6 Å². The molecule has 1 saturated heterocycles. The number of aromatic nitrogens is 2. The fraction of sp³-hybridized carbons (Fsp3) is 0.353. The highest BCUT2D eigenvalue weighted by Crippen LogP contribution is 2.15. The summed E-state index contributed by atoms with van der Waals surface area (Å²) in [6.45, 7) is 3.73. The second-order valence-corrected chi connectivity index (χ2v) is 5.85. The number of ether oxygens (including phenoxy) is 1. The van der Waals surface area contributed by atoms with Crippen LogP contribution >= 0.6 is 0 Å². The van der Waals surface area contributed by atoms with Gasteiger partial charge in [0.25, 0.3) is 11.6 Å². The molecule has 10 nitrogen and oxygen atoms in total. The molecule has 0 radical (unpaired) electrons. The number of nitro benzene ring substituents is 1. The first-order chi connectivity index (χ1) is 13.1. The summed E-state index contributed by atoms with van der Waals surface area (Å²) < 4.78 is 5.33. The van der Waals surface area contributed by atoms with Crippen LogP contribution in [0, 0.1) is 10.1 Å². The van der Waals surface area contributed by atoms with Gasteiger partial charge in [0, 0.05) is 49.9 Å². The summed E-state index contributed by atoms with van der Waals surface area (Å²) in [4.78, 5) is 32.9. The van der Waals surface area contributed by atoms with E-state index in [0.29, 0.717) is 32.1 Å². The Labute approximate surface area is 155 Å². The summed E-state index contributed by atoms with van der Waals surface area (Å²) in [5.41, 5.74) is 0.137. The molecule has 1 amide bonds. The molecule has 1 aromatic heterocycles. The van der Waals surface area contributed by atoms with Gasteiger partial charge in [0.1, 0.15) is 18.0 Å². The molecule has 10 heteroatoms. The van der Waals surface area contributed by atoms with Gasteiger partial charge in [-0.3, -0.25) is 14.9 Å². The molecule has 0 atom stereocenters. The molecule has 2 N–H and O–H groups in total. The number of carbonyl (C=O) groups is 1. The number of rotatable bonds is 7. The lowest BCUT2D eigenvalue weighted by atomic mass is 10.2. The summed E-state index contributed by atoms with van der Waals surface area (Å²) in [5.74, 6) is 1.13. The number of hydrogen-bond acceptors (Lipinski definition) is 8. The van der Waals surface area contributed by atoms with Crippen LogP contribution in [0.4, 0.5) is 17.3 Å². The Kier molecular flexibility index (Phi) is 6.10. The molecule has 2 heterocycles. The predicted octanol–water partition coefficient (Wildman–Crippen LogP) is 1.06. The van der Waals surface area contributed by atoms with Crippen LogP contribution in [0.1, 0.15) is 10.4 Å². The Bertz CT molecular complexity index is 810. The molecule has 2 aromatic rings. The van der Waals surface area contributed by atoms with Crippen molar-refractivity contribution < 1.29 is 14.5 Å². The van der Waals surface area contributed by atoms with Gasteiger partial charge in [-0.1, -0.05) is 6.07 Å². The summed E-state index contributed by atoms with van der Waals surface area (Å²) in [7, 11) is 0. The third kappa shape index (κ3) is 5.11. The molecule has 1 aliphatic heterocycles. The van der Waals surface area contributed by atoms with E-state index in [1.54, 1.807) is 0 Å². The van der Waals surface area contributed by atoms with Gasteiger partial charge in [-0.25, -0.2) is 9.97 Å². The highest BCUT2D eigenvalue weighted by Gasteiger charge is 2.13. The minimum Gasteiger partial charge on any atom is -0.378 e. The van der Waals surface area contributed by atoms with Crippen LogP contribution in [0.3, 0.4) is 0 Å². The summed E-state index contributed by atoms with van der Waals surface area (Å²) in [6.07, 6.45) is 1.49. The van der Waals surface area contributed by atoms with E-state index in [0.717, 1.165) is 18.9 Å². The quantitative estimate of drug-likeness (QED) is 0.420. The third-order valence-electron chi connectivity index (χ3n) is 4.02. The van der Waals surface area contributed by atoms with Gasteiger partial charge >= 0.3 is 0 Å². The summed E-state index contributed by atoms with van der Waals surface area (Å²) in [6, 6.07) is 7.48. The van der Waals surface area contributed by atoms with E-state index < -0.39 is 4.92 Å². The van der Waals surface area contributed by atoms with Crippen molar-refractivity contribution in [2.45, 2.75) is 0 Å². The number of benzene rings is 1. The van der Waals surface area contributed by atoms with Crippen molar-refractivity contribution in [3.05, 3.63) is 52.3 Å². The van der Waals surface area contributed by atoms with Gasteiger partial charge in [-0.05, 0) is 6.07 Å². The Morgan fingerprint density at radius 1 is 1.22 bits per heavy atom. The number of nitro groups is 1. The smallest absolute Gasteiger partial charge is 0.270 e. The van der Waals surface area contributed by atoms with Crippen molar-refractivity contribution in [3.63, 3.8) is 0 Å². The predicted molar refractivity (Wildman–Crippen MR) is 99.0 cm³/mol. The van der Waals surface area contributed by atoms with Crippen LogP contribution < -0.4 is 15.5 Å². The van der Waals surface area contributed by atoms with Crippen molar-refractivity contribution in [1.82, 2.24) is 15.3 Å². The van der Waals surface area contributed by atoms with Crippen molar-refractivity contribution in [2.24, 2.45) is 0 Å². The molecule has 0 bridgehead atoms. The number of nitrogens with zero attached hydrogens (tertiary/aromatic N) is 4. The van der Waals surface area contributed by atoms with Crippen molar-refractivity contribution in [3.8, 4) is 0 Å². The number of hydrogen-bond donors (Lipinski definition) is 2. The molecule has 142 valence electrons. The first-order valence-electron chi connectivity index (χ1n) is 8.55. The summed E-state index contributed by atoms with van der Waals surface area (Å²) >= 11 is 0. The number of nitrogens with one attached hydrogen (secondary N) is 2. The Morgan fingerprint density at radius 3 is 2.81 bits per heavy atom.